The van der Waals surface area contributed by atoms with Gasteiger partial charge in [-0.1, -0.05) is 34.1 Å². The fourth-order valence-corrected chi connectivity index (χ4v) is 3.07. The van der Waals surface area contributed by atoms with Crippen molar-refractivity contribution in [3.63, 3.8) is 0 Å². The Morgan fingerprint density at radius 3 is 2.12 bits per heavy atom. The van der Waals surface area contributed by atoms with E-state index in [1.54, 1.807) is 24.3 Å². The van der Waals surface area contributed by atoms with Crippen LogP contribution in [0.2, 0.25) is 0 Å². The number of carbonyl (C=O) groups excluding carboxylic acids is 1. The Morgan fingerprint density at radius 1 is 1.17 bits per heavy atom. The second-order valence-electron chi connectivity index (χ2n) is 6.68. The minimum Gasteiger partial charge on any atom is -0.325 e. The molecule has 1 atom stereocenters. The maximum absolute atomic E-state index is 12.0. The molecule has 1 aromatic carbocycles. The minimum atomic E-state index is -3.32. The molecule has 0 radical (unpaired) electrons. The number of nitrogens with one attached hydrogen (secondary N) is 2. The molecule has 1 rings (SSSR count). The number of halogens is 1. The molecule has 0 saturated carbocycles. The van der Waals surface area contributed by atoms with Crippen LogP contribution < -0.4 is 15.8 Å². The van der Waals surface area contributed by atoms with Crippen molar-refractivity contribution in [2.24, 2.45) is 11.1 Å². The van der Waals surface area contributed by atoms with Crippen molar-refractivity contribution in [2.75, 3.05) is 15.8 Å². The van der Waals surface area contributed by atoms with Crippen LogP contribution in [0.15, 0.2) is 24.3 Å². The molecule has 1 aromatic rings. The van der Waals surface area contributed by atoms with Crippen LogP contribution in [0.1, 0.15) is 40.5 Å². The van der Waals surface area contributed by atoms with E-state index in [9.17, 15) is 13.2 Å². The van der Waals surface area contributed by atoms with Crippen LogP contribution in [0.3, 0.4) is 0 Å². The molecule has 0 fully saturated rings. The molecule has 1 amide bonds. The van der Waals surface area contributed by atoms with Gasteiger partial charge in [0, 0.05) is 11.4 Å². The Kier molecular flexibility index (Phi) is 8.74. The number of amides is 1. The predicted molar refractivity (Wildman–Crippen MR) is 102 cm³/mol. The molecule has 24 heavy (non-hydrogen) atoms. The van der Waals surface area contributed by atoms with E-state index in [1.807, 2.05) is 27.7 Å². The van der Waals surface area contributed by atoms with E-state index >= 15 is 0 Å². The highest BCUT2D eigenvalue weighted by Crippen LogP contribution is 2.20. The summed E-state index contributed by atoms with van der Waals surface area (Å²) >= 11 is 0. The zero-order chi connectivity index (χ0) is 17.7. The van der Waals surface area contributed by atoms with Gasteiger partial charge in [-0.2, -0.15) is 0 Å². The maximum atomic E-state index is 12.0. The van der Waals surface area contributed by atoms with E-state index in [-0.39, 0.29) is 29.5 Å². The van der Waals surface area contributed by atoms with Gasteiger partial charge >= 0.3 is 0 Å². The van der Waals surface area contributed by atoms with Crippen molar-refractivity contribution in [1.82, 2.24) is 0 Å². The van der Waals surface area contributed by atoms with Gasteiger partial charge in [0.1, 0.15) is 0 Å². The van der Waals surface area contributed by atoms with Crippen molar-refractivity contribution < 1.29 is 13.2 Å². The molecule has 0 aromatic heterocycles. The summed E-state index contributed by atoms with van der Waals surface area (Å²) in [5.74, 6) is -0.170. The largest absolute Gasteiger partial charge is 0.325 e. The summed E-state index contributed by atoms with van der Waals surface area (Å²) in [4.78, 5) is 12.0. The SMILES string of the molecule is CCCCS(=O)(=O)Nc1ccc(NC(=O)[C@@H](N)C(C)(C)C)cc1.Cl. The molecular formula is C16H28ClN3O3S. The van der Waals surface area contributed by atoms with Gasteiger partial charge in [-0.05, 0) is 36.1 Å². The van der Waals surface area contributed by atoms with E-state index < -0.39 is 16.1 Å². The van der Waals surface area contributed by atoms with E-state index in [2.05, 4.69) is 10.0 Å². The van der Waals surface area contributed by atoms with Crippen molar-refractivity contribution in [3.8, 4) is 0 Å². The van der Waals surface area contributed by atoms with Crippen LogP contribution in [-0.4, -0.2) is 26.1 Å². The lowest BCUT2D eigenvalue weighted by Crippen LogP contribution is -2.45. The third kappa shape index (κ3) is 7.51. The van der Waals surface area contributed by atoms with Crippen LogP contribution in [0, 0.1) is 5.41 Å². The molecule has 138 valence electrons. The summed E-state index contributed by atoms with van der Waals surface area (Å²) < 4.78 is 26.2. The molecule has 0 bridgehead atoms. The first-order valence-corrected chi connectivity index (χ1v) is 9.37. The van der Waals surface area contributed by atoms with Crippen LogP contribution in [0.4, 0.5) is 11.4 Å². The topological polar surface area (TPSA) is 101 Å². The predicted octanol–water partition coefficient (Wildman–Crippen LogP) is 2.96. The van der Waals surface area contributed by atoms with Gasteiger partial charge in [0.25, 0.3) is 0 Å². The maximum Gasteiger partial charge on any atom is 0.241 e. The Bertz CT molecular complexity index is 625. The Labute approximate surface area is 151 Å². The smallest absolute Gasteiger partial charge is 0.241 e. The summed E-state index contributed by atoms with van der Waals surface area (Å²) in [6.45, 7) is 7.62. The molecule has 0 spiro atoms. The standard InChI is InChI=1S/C16H27N3O3S.ClH/c1-5-6-11-23(21,22)19-13-9-7-12(8-10-13)18-15(20)14(17)16(2,3)4;/h7-10,14,19H,5-6,11,17H2,1-4H3,(H,18,20);1H/t14-;/m1./s1. The van der Waals surface area contributed by atoms with E-state index in [0.29, 0.717) is 17.8 Å². The number of nitrogens with two attached hydrogens (primary N) is 1. The van der Waals surface area contributed by atoms with Crippen LogP contribution in [0.5, 0.6) is 0 Å². The fraction of sp³-hybridized carbons (Fsp3) is 0.562. The van der Waals surface area contributed by atoms with Crippen LogP contribution in [0.25, 0.3) is 0 Å². The Morgan fingerprint density at radius 2 is 1.67 bits per heavy atom. The summed E-state index contributed by atoms with van der Waals surface area (Å²) in [5.41, 5.74) is 6.61. The first-order valence-electron chi connectivity index (χ1n) is 7.72. The van der Waals surface area contributed by atoms with Gasteiger partial charge in [-0.15, -0.1) is 12.4 Å². The average Bonchev–Trinajstić information content (AvgIpc) is 2.45. The molecule has 8 heteroatoms. The summed E-state index contributed by atoms with van der Waals surface area (Å²) in [5, 5.41) is 2.73. The van der Waals surface area contributed by atoms with Gasteiger partial charge in [-0.25, -0.2) is 8.42 Å². The van der Waals surface area contributed by atoms with Crippen LogP contribution in [-0.2, 0) is 14.8 Å². The number of unbranched alkanes of at least 4 members (excludes halogenated alkanes) is 1. The van der Waals surface area contributed by atoms with Gasteiger partial charge in [0.15, 0.2) is 0 Å². The third-order valence-electron chi connectivity index (χ3n) is 3.41. The number of hydrogen-bond donors (Lipinski definition) is 3. The molecule has 6 nitrogen and oxygen atoms in total. The molecule has 0 heterocycles. The van der Waals surface area contributed by atoms with Crippen molar-refractivity contribution in [3.05, 3.63) is 24.3 Å². The lowest BCUT2D eigenvalue weighted by Gasteiger charge is -2.25. The average molecular weight is 378 g/mol. The fourth-order valence-electron chi connectivity index (χ4n) is 1.80. The highest BCUT2D eigenvalue weighted by Gasteiger charge is 2.27. The van der Waals surface area contributed by atoms with Crippen LogP contribution >= 0.6 is 12.4 Å². The van der Waals surface area contributed by atoms with Gasteiger partial charge in [-0.3, -0.25) is 9.52 Å². The molecule has 4 N–H and O–H groups in total. The number of anilines is 2. The molecular weight excluding hydrogens is 350 g/mol. The summed E-state index contributed by atoms with van der Waals surface area (Å²) in [6, 6.07) is 5.88. The zero-order valence-electron chi connectivity index (χ0n) is 14.6. The number of hydrogen-bond acceptors (Lipinski definition) is 4. The number of sulfonamides is 1. The Hall–Kier alpha value is -1.31. The van der Waals surface area contributed by atoms with Crippen molar-refractivity contribution in [1.29, 1.82) is 0 Å². The quantitative estimate of drug-likeness (QED) is 0.679. The Balaban J connectivity index is 0.00000529. The monoisotopic (exact) mass is 377 g/mol. The van der Waals surface area contributed by atoms with Crippen molar-refractivity contribution in [2.45, 2.75) is 46.6 Å². The minimum absolute atomic E-state index is 0. The second-order valence-corrected chi connectivity index (χ2v) is 8.53. The number of rotatable bonds is 7. The second kappa shape index (κ2) is 9.25. The first-order chi connectivity index (χ1) is 10.5. The summed E-state index contributed by atoms with van der Waals surface area (Å²) in [6.07, 6.45) is 1.44. The zero-order valence-corrected chi connectivity index (χ0v) is 16.3. The molecule has 0 aliphatic carbocycles. The van der Waals surface area contributed by atoms with Crippen molar-refractivity contribution >= 4 is 39.7 Å². The third-order valence-corrected chi connectivity index (χ3v) is 4.78. The van der Waals surface area contributed by atoms with Gasteiger partial charge in [0.05, 0.1) is 11.8 Å². The highest BCUT2D eigenvalue weighted by molar-refractivity contribution is 7.92. The number of carbonyl (C=O) groups is 1. The van der Waals surface area contributed by atoms with E-state index in [1.165, 1.54) is 0 Å². The molecule has 0 aliphatic rings. The molecule has 0 aliphatic heterocycles. The normalized spacial score (nSPS) is 12.9. The molecule has 0 saturated heterocycles. The van der Waals surface area contributed by atoms with Gasteiger partial charge in [0.2, 0.25) is 15.9 Å². The van der Waals surface area contributed by atoms with Gasteiger partial charge < -0.3 is 11.1 Å². The first kappa shape index (κ1) is 22.7. The lowest BCUT2D eigenvalue weighted by atomic mass is 9.87. The lowest BCUT2D eigenvalue weighted by molar-refractivity contribution is -0.119. The molecule has 0 unspecified atom stereocenters. The number of benzene rings is 1. The summed E-state index contributed by atoms with van der Waals surface area (Å²) in [7, 11) is -3.32. The van der Waals surface area contributed by atoms with E-state index in [0.717, 1.165) is 6.42 Å². The highest BCUT2D eigenvalue weighted by atomic mass is 35.5. The van der Waals surface area contributed by atoms with E-state index in [4.69, 9.17) is 5.73 Å².